The van der Waals surface area contributed by atoms with Gasteiger partial charge in [-0.15, -0.1) is 0 Å². The summed E-state index contributed by atoms with van der Waals surface area (Å²) in [6.07, 6.45) is 3.47. The van der Waals surface area contributed by atoms with Crippen LogP contribution in [0.25, 0.3) is 0 Å². The molecule has 1 aliphatic carbocycles. The molecule has 4 heteroatoms. The number of piperidine rings is 1. The van der Waals surface area contributed by atoms with E-state index in [0.717, 1.165) is 26.1 Å². The van der Waals surface area contributed by atoms with Crippen molar-refractivity contribution in [2.24, 2.45) is 0 Å². The summed E-state index contributed by atoms with van der Waals surface area (Å²) in [5.41, 5.74) is 0.271. The van der Waals surface area contributed by atoms with Gasteiger partial charge in [-0.3, -0.25) is 4.79 Å². The highest BCUT2D eigenvalue weighted by atomic mass is 19.1. The maximum absolute atomic E-state index is 15.0. The summed E-state index contributed by atoms with van der Waals surface area (Å²) < 4.78 is 15.0. The van der Waals surface area contributed by atoms with Gasteiger partial charge in [-0.1, -0.05) is 37.3 Å². The molecular weight excluding hydrogens is 303 g/mol. The Morgan fingerprint density at radius 3 is 2.67 bits per heavy atom. The molecule has 1 saturated carbocycles. The summed E-state index contributed by atoms with van der Waals surface area (Å²) in [7, 11) is 0. The normalized spacial score (nSPS) is 26.2. The van der Waals surface area contributed by atoms with Crippen molar-refractivity contribution in [3.63, 3.8) is 0 Å². The zero-order valence-corrected chi connectivity index (χ0v) is 14.6. The van der Waals surface area contributed by atoms with Crippen molar-refractivity contribution < 1.29 is 9.18 Å². The number of carbonyl (C=O) groups excluding carboxylic acids is 1. The lowest BCUT2D eigenvalue weighted by atomic mass is 9.93. The molecule has 0 amide bonds. The number of Topliss-reactive ketones (excluding diaryl/α,β-unsaturated/α-hetero) is 1. The molecule has 1 aromatic carbocycles. The Hall–Kier alpha value is -1.26. The van der Waals surface area contributed by atoms with Crippen LogP contribution in [0, 0.1) is 0 Å². The molecule has 1 aromatic rings. The fourth-order valence-corrected chi connectivity index (χ4v) is 3.62. The number of hydrogen-bond donors (Lipinski definition) is 1. The number of benzene rings is 1. The van der Waals surface area contributed by atoms with Gasteiger partial charge in [0.1, 0.15) is 11.5 Å². The van der Waals surface area contributed by atoms with Crippen LogP contribution in [0.5, 0.6) is 0 Å². The van der Waals surface area contributed by atoms with Crippen LogP contribution in [0.1, 0.15) is 50.5 Å². The number of hydrogen-bond acceptors (Lipinski definition) is 3. The fourth-order valence-electron chi connectivity index (χ4n) is 3.62. The SMILES string of the molecule is CCC(=O)CCN1CCC(F)(CNC2CC2c2ccccc2)CC1. The Morgan fingerprint density at radius 2 is 2.00 bits per heavy atom. The van der Waals surface area contributed by atoms with Gasteiger partial charge in [-0.2, -0.15) is 0 Å². The third-order valence-electron chi connectivity index (χ3n) is 5.55. The van der Waals surface area contributed by atoms with Crippen molar-refractivity contribution in [1.82, 2.24) is 10.2 Å². The average Bonchev–Trinajstić information content (AvgIpc) is 3.40. The lowest BCUT2D eigenvalue weighted by Crippen LogP contribution is -2.48. The molecule has 1 aliphatic heterocycles. The summed E-state index contributed by atoms with van der Waals surface area (Å²) in [6, 6.07) is 10.9. The van der Waals surface area contributed by atoms with Gasteiger partial charge < -0.3 is 10.2 Å². The predicted molar refractivity (Wildman–Crippen MR) is 95.0 cm³/mol. The lowest BCUT2D eigenvalue weighted by molar-refractivity contribution is -0.119. The maximum Gasteiger partial charge on any atom is 0.133 e. The molecule has 24 heavy (non-hydrogen) atoms. The first-order valence-corrected chi connectivity index (χ1v) is 9.31. The highest BCUT2D eigenvalue weighted by Crippen LogP contribution is 2.41. The summed E-state index contributed by atoms with van der Waals surface area (Å²) in [5, 5.41) is 3.44. The number of rotatable bonds is 8. The molecule has 1 saturated heterocycles. The highest BCUT2D eigenvalue weighted by molar-refractivity contribution is 5.78. The number of likely N-dealkylation sites (tertiary alicyclic amines) is 1. The number of halogens is 1. The quantitative estimate of drug-likeness (QED) is 0.793. The maximum atomic E-state index is 15.0. The molecule has 1 heterocycles. The number of ketones is 1. The smallest absolute Gasteiger partial charge is 0.133 e. The van der Waals surface area contributed by atoms with Crippen molar-refractivity contribution in [2.45, 2.75) is 56.7 Å². The second kappa shape index (κ2) is 7.75. The Morgan fingerprint density at radius 1 is 1.29 bits per heavy atom. The van der Waals surface area contributed by atoms with Crippen LogP contribution in [0.15, 0.2) is 30.3 Å². The average molecular weight is 332 g/mol. The van der Waals surface area contributed by atoms with Crippen LogP contribution in [0.2, 0.25) is 0 Å². The Labute approximate surface area is 144 Å². The molecule has 0 aromatic heterocycles. The molecular formula is C20H29FN2O. The van der Waals surface area contributed by atoms with E-state index in [2.05, 4.69) is 34.5 Å². The van der Waals surface area contributed by atoms with Gasteiger partial charge in [-0.25, -0.2) is 4.39 Å². The molecule has 2 atom stereocenters. The van der Waals surface area contributed by atoms with E-state index in [-0.39, 0.29) is 0 Å². The van der Waals surface area contributed by atoms with E-state index in [1.54, 1.807) is 0 Å². The van der Waals surface area contributed by atoms with E-state index in [9.17, 15) is 9.18 Å². The van der Waals surface area contributed by atoms with Gasteiger partial charge in [0.15, 0.2) is 0 Å². The molecule has 3 nitrogen and oxygen atoms in total. The van der Waals surface area contributed by atoms with Crippen molar-refractivity contribution >= 4 is 5.78 Å². The monoisotopic (exact) mass is 332 g/mol. The minimum atomic E-state index is -1.09. The van der Waals surface area contributed by atoms with Gasteiger partial charge >= 0.3 is 0 Å². The molecule has 2 fully saturated rings. The minimum Gasteiger partial charge on any atom is -0.310 e. The molecule has 2 unspecified atom stereocenters. The Bertz CT molecular complexity index is 540. The van der Waals surface area contributed by atoms with Crippen LogP contribution in [0.4, 0.5) is 4.39 Å². The van der Waals surface area contributed by atoms with Crippen LogP contribution < -0.4 is 5.32 Å². The van der Waals surface area contributed by atoms with Crippen molar-refractivity contribution in [1.29, 1.82) is 0 Å². The van der Waals surface area contributed by atoms with E-state index in [1.807, 2.05) is 13.0 Å². The zero-order chi connectivity index (χ0) is 17.0. The van der Waals surface area contributed by atoms with Gasteiger partial charge in [-0.05, 0) is 24.8 Å². The first kappa shape index (κ1) is 17.6. The first-order chi connectivity index (χ1) is 11.6. The first-order valence-electron chi connectivity index (χ1n) is 9.31. The minimum absolute atomic E-state index is 0.300. The number of alkyl halides is 1. The number of nitrogens with one attached hydrogen (secondary N) is 1. The molecule has 0 radical (unpaired) electrons. The van der Waals surface area contributed by atoms with Crippen LogP contribution in [-0.2, 0) is 4.79 Å². The van der Waals surface area contributed by atoms with E-state index in [0.29, 0.717) is 50.0 Å². The van der Waals surface area contributed by atoms with Gasteiger partial charge in [0.2, 0.25) is 0 Å². The number of nitrogens with zero attached hydrogens (tertiary/aromatic N) is 1. The van der Waals surface area contributed by atoms with E-state index < -0.39 is 5.67 Å². The third kappa shape index (κ3) is 4.64. The molecule has 0 spiro atoms. The van der Waals surface area contributed by atoms with Gasteiger partial charge in [0, 0.05) is 51.0 Å². The molecule has 0 bridgehead atoms. The Balaban J connectivity index is 1.37. The Kier molecular flexibility index (Phi) is 5.67. The second-order valence-corrected chi connectivity index (χ2v) is 7.38. The van der Waals surface area contributed by atoms with Gasteiger partial charge in [0.25, 0.3) is 0 Å². The summed E-state index contributed by atoms with van der Waals surface area (Å²) >= 11 is 0. The molecule has 3 rings (SSSR count). The summed E-state index contributed by atoms with van der Waals surface area (Å²) in [4.78, 5) is 13.6. The topological polar surface area (TPSA) is 32.3 Å². The summed E-state index contributed by atoms with van der Waals surface area (Å²) in [5.74, 6) is 0.851. The van der Waals surface area contributed by atoms with E-state index in [1.165, 1.54) is 5.56 Å². The number of carbonyl (C=O) groups is 1. The van der Waals surface area contributed by atoms with E-state index in [4.69, 9.17) is 0 Å². The highest BCUT2D eigenvalue weighted by Gasteiger charge is 2.41. The lowest BCUT2D eigenvalue weighted by Gasteiger charge is -2.36. The van der Waals surface area contributed by atoms with E-state index >= 15 is 0 Å². The van der Waals surface area contributed by atoms with Crippen molar-refractivity contribution in [3.05, 3.63) is 35.9 Å². The molecule has 2 aliphatic rings. The largest absolute Gasteiger partial charge is 0.310 e. The van der Waals surface area contributed by atoms with Crippen molar-refractivity contribution in [2.75, 3.05) is 26.2 Å². The molecule has 1 N–H and O–H groups in total. The zero-order valence-electron chi connectivity index (χ0n) is 14.6. The van der Waals surface area contributed by atoms with Crippen LogP contribution in [-0.4, -0.2) is 48.6 Å². The van der Waals surface area contributed by atoms with Crippen LogP contribution >= 0.6 is 0 Å². The summed E-state index contributed by atoms with van der Waals surface area (Å²) in [6.45, 7) is 4.68. The third-order valence-corrected chi connectivity index (χ3v) is 5.55. The predicted octanol–water partition coefficient (Wildman–Crippen LogP) is 3.31. The standard InChI is InChI=1S/C20H29FN2O/c1-2-17(24)8-11-23-12-9-20(21,10-13-23)15-22-19-14-18(19)16-6-4-3-5-7-16/h3-7,18-19,22H,2,8-15H2,1H3. The van der Waals surface area contributed by atoms with Crippen molar-refractivity contribution in [3.8, 4) is 0 Å². The fraction of sp³-hybridized carbons (Fsp3) is 0.650. The second-order valence-electron chi connectivity index (χ2n) is 7.38. The van der Waals surface area contributed by atoms with Gasteiger partial charge in [0.05, 0.1) is 0 Å². The van der Waals surface area contributed by atoms with Crippen LogP contribution in [0.3, 0.4) is 0 Å². The molecule has 132 valence electrons.